The van der Waals surface area contributed by atoms with Crippen molar-refractivity contribution >= 4 is 5.82 Å². The lowest BCUT2D eigenvalue weighted by atomic mass is 10.0. The quantitative estimate of drug-likeness (QED) is 0.877. The molecule has 0 aliphatic carbocycles. The smallest absolute Gasteiger partial charge is 0.129 e. The highest BCUT2D eigenvalue weighted by molar-refractivity contribution is 5.37. The van der Waals surface area contributed by atoms with E-state index < -0.39 is 0 Å². The summed E-state index contributed by atoms with van der Waals surface area (Å²) in [6.45, 7) is 9.48. The molecule has 20 heavy (non-hydrogen) atoms. The predicted molar refractivity (Wildman–Crippen MR) is 84.0 cm³/mol. The van der Waals surface area contributed by atoms with Crippen molar-refractivity contribution in [3.05, 3.63) is 53.5 Å². The topological polar surface area (TPSA) is 37.8 Å². The maximum atomic E-state index is 4.27. The summed E-state index contributed by atoms with van der Waals surface area (Å²) in [6.07, 6.45) is 1.62. The first-order valence-electron chi connectivity index (χ1n) is 7.21. The molecule has 0 spiro atoms. The second-order valence-corrected chi connectivity index (χ2v) is 5.73. The fourth-order valence-electron chi connectivity index (χ4n) is 2.00. The van der Waals surface area contributed by atoms with Crippen LogP contribution < -0.4 is 5.32 Å². The Morgan fingerprint density at radius 1 is 0.950 bits per heavy atom. The number of aromatic nitrogens is 2. The second-order valence-electron chi connectivity index (χ2n) is 5.73. The molecule has 0 saturated carbocycles. The zero-order valence-corrected chi connectivity index (χ0v) is 12.7. The molecule has 0 aliphatic rings. The Labute approximate surface area is 121 Å². The van der Waals surface area contributed by atoms with Gasteiger partial charge < -0.3 is 5.32 Å². The van der Waals surface area contributed by atoms with Crippen molar-refractivity contribution in [2.45, 2.75) is 46.1 Å². The Morgan fingerprint density at radius 3 is 2.25 bits per heavy atom. The molecule has 1 heterocycles. The number of nitrogens with zero attached hydrogens (tertiary/aromatic N) is 2. The van der Waals surface area contributed by atoms with Crippen molar-refractivity contribution < 1.29 is 0 Å². The molecule has 2 rings (SSSR count). The molecule has 0 unspecified atom stereocenters. The summed E-state index contributed by atoms with van der Waals surface area (Å²) in [6, 6.07) is 10.8. The van der Waals surface area contributed by atoms with E-state index in [4.69, 9.17) is 0 Å². The van der Waals surface area contributed by atoms with Crippen LogP contribution in [0.1, 0.15) is 56.4 Å². The Morgan fingerprint density at radius 2 is 1.65 bits per heavy atom. The van der Waals surface area contributed by atoms with Gasteiger partial charge in [-0.15, -0.1) is 0 Å². The van der Waals surface area contributed by atoms with E-state index in [2.05, 4.69) is 67.2 Å². The van der Waals surface area contributed by atoms with Crippen molar-refractivity contribution in [2.75, 3.05) is 5.32 Å². The summed E-state index contributed by atoms with van der Waals surface area (Å²) < 4.78 is 0. The Balaban J connectivity index is 1.99. The molecule has 0 saturated heterocycles. The zero-order chi connectivity index (χ0) is 14.5. The van der Waals surface area contributed by atoms with Crippen LogP contribution in [0.2, 0.25) is 0 Å². The summed E-state index contributed by atoms with van der Waals surface area (Å²) in [7, 11) is 0. The van der Waals surface area contributed by atoms with Crippen LogP contribution in [0.15, 0.2) is 36.7 Å². The van der Waals surface area contributed by atoms with E-state index in [0.717, 1.165) is 18.1 Å². The summed E-state index contributed by atoms with van der Waals surface area (Å²) in [4.78, 5) is 8.53. The van der Waals surface area contributed by atoms with E-state index in [1.54, 1.807) is 6.33 Å². The van der Waals surface area contributed by atoms with Crippen molar-refractivity contribution in [1.82, 2.24) is 9.97 Å². The van der Waals surface area contributed by atoms with Gasteiger partial charge in [-0.05, 0) is 23.0 Å². The van der Waals surface area contributed by atoms with Gasteiger partial charge in [0.2, 0.25) is 0 Å². The SMILES string of the molecule is CC(C)c1ccc(CNc2cc(C(C)C)ncn2)cc1. The Bertz CT molecular complexity index is 544. The molecule has 0 fully saturated rings. The van der Waals surface area contributed by atoms with E-state index in [9.17, 15) is 0 Å². The summed E-state index contributed by atoms with van der Waals surface area (Å²) in [5.74, 6) is 1.88. The van der Waals surface area contributed by atoms with E-state index in [-0.39, 0.29) is 0 Å². The van der Waals surface area contributed by atoms with Gasteiger partial charge in [-0.3, -0.25) is 0 Å². The first kappa shape index (κ1) is 14.5. The van der Waals surface area contributed by atoms with Gasteiger partial charge in [0.05, 0.1) is 0 Å². The number of hydrogen-bond donors (Lipinski definition) is 1. The van der Waals surface area contributed by atoms with Crippen LogP contribution in [-0.2, 0) is 6.54 Å². The number of nitrogens with one attached hydrogen (secondary N) is 1. The largest absolute Gasteiger partial charge is 0.366 e. The minimum Gasteiger partial charge on any atom is -0.366 e. The molecule has 106 valence electrons. The third kappa shape index (κ3) is 3.80. The van der Waals surface area contributed by atoms with Crippen LogP contribution >= 0.6 is 0 Å². The van der Waals surface area contributed by atoms with Gasteiger partial charge in [0.1, 0.15) is 12.1 Å². The normalized spacial score (nSPS) is 11.1. The molecule has 0 radical (unpaired) electrons. The summed E-state index contributed by atoms with van der Waals surface area (Å²) >= 11 is 0. The van der Waals surface area contributed by atoms with Crippen LogP contribution in [0, 0.1) is 0 Å². The van der Waals surface area contributed by atoms with Gasteiger partial charge in [0.15, 0.2) is 0 Å². The third-order valence-electron chi connectivity index (χ3n) is 3.40. The van der Waals surface area contributed by atoms with Crippen LogP contribution in [0.25, 0.3) is 0 Å². The Kier molecular flexibility index (Phi) is 4.72. The van der Waals surface area contributed by atoms with Crippen LogP contribution in [0.5, 0.6) is 0 Å². The van der Waals surface area contributed by atoms with Gasteiger partial charge in [0.25, 0.3) is 0 Å². The number of rotatable bonds is 5. The van der Waals surface area contributed by atoms with Crippen LogP contribution in [-0.4, -0.2) is 9.97 Å². The van der Waals surface area contributed by atoms with Gasteiger partial charge in [-0.25, -0.2) is 9.97 Å². The third-order valence-corrected chi connectivity index (χ3v) is 3.40. The van der Waals surface area contributed by atoms with E-state index in [1.165, 1.54) is 11.1 Å². The maximum Gasteiger partial charge on any atom is 0.129 e. The molecular weight excluding hydrogens is 246 g/mol. The predicted octanol–water partition coefficient (Wildman–Crippen LogP) is 4.34. The highest BCUT2D eigenvalue weighted by atomic mass is 15.0. The molecule has 0 aliphatic heterocycles. The zero-order valence-electron chi connectivity index (χ0n) is 12.7. The second kappa shape index (κ2) is 6.51. The average molecular weight is 269 g/mol. The highest BCUT2D eigenvalue weighted by Gasteiger charge is 2.03. The first-order valence-corrected chi connectivity index (χ1v) is 7.21. The number of hydrogen-bond acceptors (Lipinski definition) is 3. The van der Waals surface area contributed by atoms with Crippen molar-refractivity contribution in [1.29, 1.82) is 0 Å². The molecule has 1 aromatic carbocycles. The van der Waals surface area contributed by atoms with Gasteiger partial charge >= 0.3 is 0 Å². The van der Waals surface area contributed by atoms with Crippen molar-refractivity contribution in [3.8, 4) is 0 Å². The van der Waals surface area contributed by atoms with E-state index in [1.807, 2.05) is 6.07 Å². The van der Waals surface area contributed by atoms with Crippen molar-refractivity contribution in [2.24, 2.45) is 0 Å². The first-order chi connectivity index (χ1) is 9.56. The average Bonchev–Trinajstić information content (AvgIpc) is 2.46. The molecular formula is C17H23N3. The van der Waals surface area contributed by atoms with Crippen LogP contribution in [0.4, 0.5) is 5.82 Å². The summed E-state index contributed by atoms with van der Waals surface area (Å²) in [5, 5.41) is 3.35. The fraction of sp³-hybridized carbons (Fsp3) is 0.412. The molecule has 3 nitrogen and oxygen atoms in total. The minimum absolute atomic E-state index is 0.420. The molecule has 2 aromatic rings. The minimum atomic E-state index is 0.420. The number of anilines is 1. The molecule has 3 heteroatoms. The molecule has 0 bridgehead atoms. The van der Waals surface area contributed by atoms with E-state index in [0.29, 0.717) is 11.8 Å². The lowest BCUT2D eigenvalue weighted by Crippen LogP contribution is -2.03. The lowest BCUT2D eigenvalue weighted by Gasteiger charge is -2.10. The van der Waals surface area contributed by atoms with Gasteiger partial charge in [-0.2, -0.15) is 0 Å². The number of benzene rings is 1. The monoisotopic (exact) mass is 269 g/mol. The fourth-order valence-corrected chi connectivity index (χ4v) is 2.00. The highest BCUT2D eigenvalue weighted by Crippen LogP contribution is 2.16. The van der Waals surface area contributed by atoms with E-state index >= 15 is 0 Å². The standard InChI is InChI=1S/C17H23N3/c1-12(2)15-7-5-14(6-8-15)10-18-17-9-16(13(3)4)19-11-20-17/h5-9,11-13H,10H2,1-4H3,(H,18,19,20). The van der Waals surface area contributed by atoms with Gasteiger partial charge in [-0.1, -0.05) is 52.0 Å². The molecule has 1 aromatic heterocycles. The molecule has 1 N–H and O–H groups in total. The van der Waals surface area contributed by atoms with Crippen molar-refractivity contribution in [3.63, 3.8) is 0 Å². The Hall–Kier alpha value is -1.90. The lowest BCUT2D eigenvalue weighted by molar-refractivity contribution is 0.813. The maximum absolute atomic E-state index is 4.27. The van der Waals surface area contributed by atoms with Crippen LogP contribution in [0.3, 0.4) is 0 Å². The summed E-state index contributed by atoms with van der Waals surface area (Å²) in [5.41, 5.74) is 3.70. The molecule has 0 amide bonds. The van der Waals surface area contributed by atoms with Gasteiger partial charge in [0, 0.05) is 18.3 Å². The molecule has 0 atom stereocenters.